The number of phenols is 1. The van der Waals surface area contributed by atoms with E-state index in [4.69, 9.17) is 16.3 Å². The van der Waals surface area contributed by atoms with Gasteiger partial charge in [0.05, 0.1) is 6.61 Å². The van der Waals surface area contributed by atoms with E-state index in [1.54, 1.807) is 18.2 Å². The Bertz CT molecular complexity index is 537. The maximum atomic E-state index is 9.80. The number of halogens is 1. The minimum atomic E-state index is 0.252. The van der Waals surface area contributed by atoms with E-state index in [9.17, 15) is 5.11 Å². The highest BCUT2D eigenvalue weighted by Gasteiger charge is 2.06. The highest BCUT2D eigenvalue weighted by Crippen LogP contribution is 2.34. The number of unbranched alkanes of at least 4 members (excludes halogenated alkanes) is 2. The third-order valence-electron chi connectivity index (χ3n) is 2.92. The molecule has 0 aromatic heterocycles. The minimum absolute atomic E-state index is 0.252. The quantitative estimate of drug-likeness (QED) is 0.789. The number of rotatable bonds is 5. The lowest BCUT2D eigenvalue weighted by atomic mass is 10.1. The Morgan fingerprint density at radius 3 is 2.72 bits per heavy atom. The lowest BCUT2D eigenvalue weighted by molar-refractivity contribution is 0.309. The van der Waals surface area contributed by atoms with E-state index in [2.05, 4.69) is 6.92 Å². The maximum Gasteiger partial charge on any atom is 0.127 e. The van der Waals surface area contributed by atoms with Crippen LogP contribution in [0, 0.1) is 0 Å². The number of hydrogen-bond donors (Lipinski definition) is 1. The molecule has 0 aliphatic rings. The van der Waals surface area contributed by atoms with Crippen molar-refractivity contribution in [3.8, 4) is 11.5 Å². The third kappa shape index (κ3) is 2.88. The van der Waals surface area contributed by atoms with E-state index in [0.29, 0.717) is 11.6 Å². The van der Waals surface area contributed by atoms with Crippen LogP contribution in [0.5, 0.6) is 11.5 Å². The van der Waals surface area contributed by atoms with Gasteiger partial charge in [0.2, 0.25) is 0 Å². The molecule has 3 heteroatoms. The Hall–Kier alpha value is -1.41. The third-order valence-corrected chi connectivity index (χ3v) is 3.16. The maximum absolute atomic E-state index is 9.80. The van der Waals surface area contributed by atoms with Crippen molar-refractivity contribution in [2.75, 3.05) is 6.61 Å². The lowest BCUT2D eigenvalue weighted by Gasteiger charge is -2.10. The fourth-order valence-electron chi connectivity index (χ4n) is 1.94. The Kier molecular flexibility index (Phi) is 4.32. The molecule has 0 saturated heterocycles. The van der Waals surface area contributed by atoms with Crippen LogP contribution < -0.4 is 4.74 Å². The lowest BCUT2D eigenvalue weighted by Crippen LogP contribution is -1.97. The van der Waals surface area contributed by atoms with Crippen LogP contribution >= 0.6 is 11.6 Å². The summed E-state index contributed by atoms with van der Waals surface area (Å²) in [5.41, 5.74) is 0. The summed E-state index contributed by atoms with van der Waals surface area (Å²) >= 11 is 5.99. The van der Waals surface area contributed by atoms with Gasteiger partial charge >= 0.3 is 0 Å². The van der Waals surface area contributed by atoms with Gasteiger partial charge in [0.15, 0.2) is 0 Å². The van der Waals surface area contributed by atoms with Gasteiger partial charge in [0.1, 0.15) is 11.5 Å². The summed E-state index contributed by atoms with van der Waals surface area (Å²) in [7, 11) is 0. The van der Waals surface area contributed by atoms with Crippen molar-refractivity contribution in [2.24, 2.45) is 0 Å². The number of benzene rings is 2. The topological polar surface area (TPSA) is 29.5 Å². The van der Waals surface area contributed by atoms with Gasteiger partial charge in [-0.1, -0.05) is 31.4 Å². The Morgan fingerprint density at radius 1 is 1.11 bits per heavy atom. The van der Waals surface area contributed by atoms with Gasteiger partial charge in [-0.15, -0.1) is 0 Å². The molecule has 96 valence electrons. The molecule has 0 unspecified atom stereocenters. The van der Waals surface area contributed by atoms with Crippen molar-refractivity contribution in [2.45, 2.75) is 26.2 Å². The Morgan fingerprint density at radius 2 is 1.94 bits per heavy atom. The normalized spacial score (nSPS) is 10.8. The van der Waals surface area contributed by atoms with Gasteiger partial charge in [-0.2, -0.15) is 0 Å². The van der Waals surface area contributed by atoms with Crippen molar-refractivity contribution >= 4 is 22.4 Å². The monoisotopic (exact) mass is 264 g/mol. The first-order chi connectivity index (χ1) is 8.72. The van der Waals surface area contributed by atoms with Crippen LogP contribution in [-0.2, 0) is 0 Å². The molecule has 0 bridgehead atoms. The van der Waals surface area contributed by atoms with Crippen molar-refractivity contribution in [1.82, 2.24) is 0 Å². The molecule has 0 fully saturated rings. The van der Waals surface area contributed by atoms with E-state index in [0.717, 1.165) is 29.4 Å². The summed E-state index contributed by atoms with van der Waals surface area (Å²) in [5, 5.41) is 12.1. The summed E-state index contributed by atoms with van der Waals surface area (Å²) in [5.74, 6) is 1.03. The van der Waals surface area contributed by atoms with E-state index in [1.165, 1.54) is 6.42 Å². The van der Waals surface area contributed by atoms with Gasteiger partial charge in [-0.05, 0) is 36.8 Å². The number of aromatic hydroxyl groups is 1. The molecule has 2 rings (SSSR count). The average molecular weight is 265 g/mol. The molecule has 2 aromatic carbocycles. The molecule has 0 radical (unpaired) electrons. The van der Waals surface area contributed by atoms with Crippen molar-refractivity contribution < 1.29 is 9.84 Å². The number of fused-ring (bicyclic) bond motifs is 1. The molecule has 0 spiro atoms. The molecule has 2 aromatic rings. The van der Waals surface area contributed by atoms with E-state index >= 15 is 0 Å². The van der Waals surface area contributed by atoms with Crippen molar-refractivity contribution in [3.63, 3.8) is 0 Å². The number of phenolic OH excluding ortho intramolecular Hbond substituents is 1. The largest absolute Gasteiger partial charge is 0.507 e. The molecule has 0 saturated carbocycles. The average Bonchev–Trinajstić information content (AvgIpc) is 2.37. The molecule has 0 atom stereocenters. The zero-order valence-electron chi connectivity index (χ0n) is 10.4. The zero-order valence-corrected chi connectivity index (χ0v) is 11.2. The molecule has 0 aliphatic heterocycles. The fraction of sp³-hybridized carbons (Fsp3) is 0.333. The minimum Gasteiger partial charge on any atom is -0.507 e. The first-order valence-electron chi connectivity index (χ1n) is 6.26. The van der Waals surface area contributed by atoms with Crippen LogP contribution in [0.25, 0.3) is 10.8 Å². The van der Waals surface area contributed by atoms with Gasteiger partial charge in [0.25, 0.3) is 0 Å². The standard InChI is InChI=1S/C15H17ClO2/c1-2-3-4-9-18-15-8-7-14(17)12-6-5-11(16)10-13(12)15/h5-8,10,17H,2-4,9H2,1H3. The molecule has 0 amide bonds. The summed E-state index contributed by atoms with van der Waals surface area (Å²) in [6, 6.07) is 8.85. The number of ether oxygens (including phenoxy) is 1. The second-order valence-corrected chi connectivity index (χ2v) is 4.76. The van der Waals surface area contributed by atoms with Crippen LogP contribution in [0.15, 0.2) is 30.3 Å². The Balaban J connectivity index is 2.27. The van der Waals surface area contributed by atoms with Crippen LogP contribution in [0.4, 0.5) is 0 Å². The second kappa shape index (κ2) is 5.96. The summed E-state index contributed by atoms with van der Waals surface area (Å²) in [4.78, 5) is 0. The van der Waals surface area contributed by atoms with Crippen LogP contribution in [0.2, 0.25) is 5.02 Å². The van der Waals surface area contributed by atoms with Gasteiger partial charge < -0.3 is 9.84 Å². The van der Waals surface area contributed by atoms with Crippen molar-refractivity contribution in [3.05, 3.63) is 35.4 Å². The molecule has 0 aliphatic carbocycles. The highest BCUT2D eigenvalue weighted by atomic mass is 35.5. The molecule has 1 N–H and O–H groups in total. The SMILES string of the molecule is CCCCCOc1ccc(O)c2ccc(Cl)cc12. The number of hydrogen-bond acceptors (Lipinski definition) is 2. The summed E-state index contributed by atoms with van der Waals surface area (Å²) < 4.78 is 5.76. The highest BCUT2D eigenvalue weighted by molar-refractivity contribution is 6.31. The smallest absolute Gasteiger partial charge is 0.127 e. The molecular formula is C15H17ClO2. The van der Waals surface area contributed by atoms with Gasteiger partial charge in [0, 0.05) is 15.8 Å². The second-order valence-electron chi connectivity index (χ2n) is 4.33. The van der Waals surface area contributed by atoms with E-state index in [-0.39, 0.29) is 5.75 Å². The predicted octanol–water partition coefficient (Wildman–Crippen LogP) is 4.77. The van der Waals surface area contributed by atoms with E-state index in [1.807, 2.05) is 12.1 Å². The molecular weight excluding hydrogens is 248 g/mol. The predicted molar refractivity (Wildman–Crippen MR) is 75.6 cm³/mol. The van der Waals surface area contributed by atoms with E-state index < -0.39 is 0 Å². The molecule has 2 nitrogen and oxygen atoms in total. The van der Waals surface area contributed by atoms with Gasteiger partial charge in [-0.25, -0.2) is 0 Å². The van der Waals surface area contributed by atoms with Crippen LogP contribution in [-0.4, -0.2) is 11.7 Å². The van der Waals surface area contributed by atoms with Crippen molar-refractivity contribution in [1.29, 1.82) is 0 Å². The summed E-state index contributed by atoms with van der Waals surface area (Å²) in [6.07, 6.45) is 3.38. The van der Waals surface area contributed by atoms with Crippen LogP contribution in [0.3, 0.4) is 0 Å². The molecule has 18 heavy (non-hydrogen) atoms. The Labute approximate surface area is 112 Å². The molecule has 0 heterocycles. The first-order valence-corrected chi connectivity index (χ1v) is 6.64. The zero-order chi connectivity index (χ0) is 13.0. The van der Waals surface area contributed by atoms with Crippen LogP contribution in [0.1, 0.15) is 26.2 Å². The fourth-order valence-corrected chi connectivity index (χ4v) is 2.11. The first kappa shape index (κ1) is 13.0. The summed E-state index contributed by atoms with van der Waals surface area (Å²) in [6.45, 7) is 2.86. The van der Waals surface area contributed by atoms with Gasteiger partial charge in [-0.3, -0.25) is 0 Å².